The third kappa shape index (κ3) is 5.39. The van der Waals surface area contributed by atoms with Crippen molar-refractivity contribution in [2.45, 2.75) is 45.1 Å². The Labute approximate surface area is 106 Å². The molecule has 1 atom stereocenters. The van der Waals surface area contributed by atoms with Crippen LogP contribution in [0.3, 0.4) is 0 Å². The second kappa shape index (κ2) is 8.34. The average molecular weight is 240 g/mol. The quantitative estimate of drug-likeness (QED) is 0.434. The van der Waals surface area contributed by atoms with Crippen LogP contribution in [0.1, 0.15) is 39.0 Å². The van der Waals surface area contributed by atoms with E-state index in [1.165, 1.54) is 45.2 Å². The van der Waals surface area contributed by atoms with Gasteiger partial charge >= 0.3 is 0 Å². The number of rotatable bonds is 5. The van der Waals surface area contributed by atoms with Gasteiger partial charge in [-0.1, -0.05) is 6.42 Å². The molecule has 100 valence electrons. The summed E-state index contributed by atoms with van der Waals surface area (Å²) >= 11 is 0. The highest BCUT2D eigenvalue weighted by molar-refractivity contribution is 5.79. The Hall–Kier alpha value is -0.770. The largest absolute Gasteiger partial charge is 0.359 e. The Morgan fingerprint density at radius 3 is 2.82 bits per heavy atom. The van der Waals surface area contributed by atoms with E-state index >= 15 is 0 Å². The number of guanidine groups is 1. The van der Waals surface area contributed by atoms with Crippen molar-refractivity contribution < 1.29 is 0 Å². The molecule has 1 aliphatic rings. The van der Waals surface area contributed by atoms with E-state index in [9.17, 15) is 0 Å². The van der Waals surface area contributed by atoms with Crippen LogP contribution in [0, 0.1) is 0 Å². The number of aliphatic imine (C=N–C) groups is 1. The van der Waals surface area contributed by atoms with Crippen LogP contribution in [0.15, 0.2) is 4.99 Å². The molecular weight excluding hydrogens is 212 g/mol. The highest BCUT2D eigenvalue weighted by Gasteiger charge is 2.16. The molecule has 17 heavy (non-hydrogen) atoms. The van der Waals surface area contributed by atoms with Crippen LogP contribution in [-0.2, 0) is 0 Å². The first-order valence-corrected chi connectivity index (χ1v) is 6.90. The molecule has 0 aromatic rings. The van der Waals surface area contributed by atoms with E-state index in [2.05, 4.69) is 27.4 Å². The summed E-state index contributed by atoms with van der Waals surface area (Å²) in [6, 6.07) is 0.793. The Morgan fingerprint density at radius 1 is 1.35 bits per heavy atom. The van der Waals surface area contributed by atoms with Gasteiger partial charge in [0.25, 0.3) is 0 Å². The van der Waals surface area contributed by atoms with Crippen LogP contribution in [0.25, 0.3) is 0 Å². The second-order valence-electron chi connectivity index (χ2n) is 4.84. The Morgan fingerprint density at radius 2 is 2.18 bits per heavy atom. The number of likely N-dealkylation sites (tertiary alicyclic amines) is 1. The summed E-state index contributed by atoms with van der Waals surface area (Å²) < 4.78 is 0. The van der Waals surface area contributed by atoms with Gasteiger partial charge in [0.2, 0.25) is 0 Å². The maximum atomic E-state index is 4.09. The lowest BCUT2D eigenvalue weighted by atomic mass is 10.0. The SMILES string of the molecule is CN=C(NC)NCCCCN1CCCCC1C. The third-order valence-electron chi connectivity index (χ3n) is 3.57. The van der Waals surface area contributed by atoms with Crippen molar-refractivity contribution in [3.63, 3.8) is 0 Å². The molecule has 1 heterocycles. The molecule has 1 unspecified atom stereocenters. The Balaban J connectivity index is 2.03. The summed E-state index contributed by atoms with van der Waals surface area (Å²) in [5, 5.41) is 6.32. The summed E-state index contributed by atoms with van der Waals surface area (Å²) in [6.07, 6.45) is 6.67. The summed E-state index contributed by atoms with van der Waals surface area (Å²) in [5.41, 5.74) is 0. The first-order valence-electron chi connectivity index (χ1n) is 6.90. The maximum absolute atomic E-state index is 4.09. The zero-order chi connectivity index (χ0) is 12.5. The monoisotopic (exact) mass is 240 g/mol. The van der Waals surface area contributed by atoms with Gasteiger partial charge < -0.3 is 15.5 Å². The summed E-state index contributed by atoms with van der Waals surface area (Å²) in [4.78, 5) is 6.73. The predicted octanol–water partition coefficient (Wildman–Crippen LogP) is 1.44. The van der Waals surface area contributed by atoms with Gasteiger partial charge in [-0.3, -0.25) is 4.99 Å². The van der Waals surface area contributed by atoms with Crippen LogP contribution in [-0.4, -0.2) is 50.6 Å². The van der Waals surface area contributed by atoms with Crippen molar-refractivity contribution in [2.24, 2.45) is 4.99 Å². The van der Waals surface area contributed by atoms with E-state index in [1.54, 1.807) is 7.05 Å². The van der Waals surface area contributed by atoms with E-state index < -0.39 is 0 Å². The molecule has 1 saturated heterocycles. The number of nitrogens with one attached hydrogen (secondary N) is 2. The molecule has 0 spiro atoms. The molecule has 0 aromatic heterocycles. The summed E-state index contributed by atoms with van der Waals surface area (Å²) in [7, 11) is 3.69. The van der Waals surface area contributed by atoms with Gasteiger partial charge in [-0.05, 0) is 45.7 Å². The van der Waals surface area contributed by atoms with Crippen LogP contribution < -0.4 is 10.6 Å². The predicted molar refractivity (Wildman–Crippen MR) is 74.5 cm³/mol. The molecule has 0 aromatic carbocycles. The fourth-order valence-corrected chi connectivity index (χ4v) is 2.42. The Kier molecular flexibility index (Phi) is 7.01. The van der Waals surface area contributed by atoms with Crippen molar-refractivity contribution in [3.05, 3.63) is 0 Å². The Bertz CT molecular complexity index is 227. The maximum Gasteiger partial charge on any atom is 0.190 e. The molecule has 0 saturated carbocycles. The van der Waals surface area contributed by atoms with E-state index in [1.807, 2.05) is 7.05 Å². The molecule has 1 aliphatic heterocycles. The third-order valence-corrected chi connectivity index (χ3v) is 3.57. The van der Waals surface area contributed by atoms with Gasteiger partial charge in [-0.25, -0.2) is 0 Å². The van der Waals surface area contributed by atoms with Gasteiger partial charge in [-0.2, -0.15) is 0 Å². The van der Waals surface area contributed by atoms with Gasteiger partial charge in [-0.15, -0.1) is 0 Å². The summed E-state index contributed by atoms with van der Waals surface area (Å²) in [6.45, 7) is 5.92. The minimum atomic E-state index is 0.793. The highest BCUT2D eigenvalue weighted by atomic mass is 15.2. The number of nitrogens with zero attached hydrogens (tertiary/aromatic N) is 2. The van der Waals surface area contributed by atoms with E-state index in [4.69, 9.17) is 0 Å². The molecule has 4 nitrogen and oxygen atoms in total. The number of hydrogen-bond donors (Lipinski definition) is 2. The fraction of sp³-hybridized carbons (Fsp3) is 0.923. The first-order chi connectivity index (χ1) is 8.27. The van der Waals surface area contributed by atoms with E-state index in [0.717, 1.165) is 18.5 Å². The number of hydrogen-bond acceptors (Lipinski definition) is 2. The number of piperidine rings is 1. The molecule has 0 bridgehead atoms. The highest BCUT2D eigenvalue weighted by Crippen LogP contribution is 2.16. The van der Waals surface area contributed by atoms with Crippen LogP contribution in [0.5, 0.6) is 0 Å². The van der Waals surface area contributed by atoms with Crippen molar-refractivity contribution in [1.82, 2.24) is 15.5 Å². The molecule has 1 fully saturated rings. The molecular formula is C13H28N4. The topological polar surface area (TPSA) is 39.7 Å². The normalized spacial score (nSPS) is 22.5. The van der Waals surface area contributed by atoms with Crippen molar-refractivity contribution in [3.8, 4) is 0 Å². The lowest BCUT2D eigenvalue weighted by Crippen LogP contribution is -2.38. The van der Waals surface area contributed by atoms with Crippen LogP contribution in [0.2, 0.25) is 0 Å². The standard InChI is InChI=1S/C13H28N4/c1-12-8-4-6-10-17(12)11-7-5-9-16-13(14-2)15-3/h12H,4-11H2,1-3H3,(H2,14,15,16). The lowest BCUT2D eigenvalue weighted by Gasteiger charge is -2.33. The minimum absolute atomic E-state index is 0.793. The van der Waals surface area contributed by atoms with Gasteiger partial charge in [0.05, 0.1) is 0 Å². The van der Waals surface area contributed by atoms with Crippen LogP contribution >= 0.6 is 0 Å². The molecule has 4 heteroatoms. The van der Waals surface area contributed by atoms with Gasteiger partial charge in [0.1, 0.15) is 0 Å². The van der Waals surface area contributed by atoms with Gasteiger partial charge in [0.15, 0.2) is 5.96 Å². The zero-order valence-electron chi connectivity index (χ0n) is 11.6. The van der Waals surface area contributed by atoms with Crippen LogP contribution in [0.4, 0.5) is 0 Å². The zero-order valence-corrected chi connectivity index (χ0v) is 11.6. The first kappa shape index (κ1) is 14.3. The van der Waals surface area contributed by atoms with E-state index in [0.29, 0.717) is 0 Å². The minimum Gasteiger partial charge on any atom is -0.359 e. The lowest BCUT2D eigenvalue weighted by molar-refractivity contribution is 0.158. The molecule has 0 aliphatic carbocycles. The molecule has 2 N–H and O–H groups in total. The van der Waals surface area contributed by atoms with Crippen molar-refractivity contribution in [2.75, 3.05) is 33.7 Å². The fourth-order valence-electron chi connectivity index (χ4n) is 2.42. The van der Waals surface area contributed by atoms with Crippen molar-refractivity contribution >= 4 is 5.96 Å². The smallest absolute Gasteiger partial charge is 0.190 e. The summed E-state index contributed by atoms with van der Waals surface area (Å²) in [5.74, 6) is 0.886. The number of unbranched alkanes of at least 4 members (excludes halogenated alkanes) is 1. The molecule has 0 radical (unpaired) electrons. The van der Waals surface area contributed by atoms with E-state index in [-0.39, 0.29) is 0 Å². The average Bonchev–Trinajstić information content (AvgIpc) is 2.36. The molecule has 0 amide bonds. The second-order valence-corrected chi connectivity index (χ2v) is 4.84. The van der Waals surface area contributed by atoms with Crippen molar-refractivity contribution in [1.29, 1.82) is 0 Å². The van der Waals surface area contributed by atoms with Gasteiger partial charge in [0, 0.05) is 26.7 Å². The molecule has 1 rings (SSSR count).